The Balaban J connectivity index is -0.0000000320. The van der Waals surface area contributed by atoms with Crippen LogP contribution >= 0.6 is 0 Å². The summed E-state index contributed by atoms with van der Waals surface area (Å²) in [5.74, 6) is -0.816. The second kappa shape index (κ2) is 29.2. The Morgan fingerprint density at radius 1 is 1.46 bits per heavy atom. The third-order valence-corrected chi connectivity index (χ3v) is 0.321. The topological polar surface area (TPSA) is 87.0 Å². The molecular weight excluding hydrogens is 448 g/mol. The Kier molecular flexibility index (Phi) is 66.1. The van der Waals surface area contributed by atoms with Gasteiger partial charge in [0.25, 0.3) is 0 Å². The van der Waals surface area contributed by atoms with Gasteiger partial charge >= 0.3 is 51.4 Å². The van der Waals surface area contributed by atoms with Crippen molar-refractivity contribution < 1.29 is 120 Å². The van der Waals surface area contributed by atoms with Crippen LogP contribution in [0.15, 0.2) is 0 Å². The van der Waals surface area contributed by atoms with Crippen molar-refractivity contribution in [2.45, 2.75) is 6.92 Å². The predicted octanol–water partition coefficient (Wildman–Crippen LogP) is -3.66. The molecule has 0 spiro atoms. The average Bonchev–Trinajstić information content (AvgIpc) is 1.85. The molecule has 2 amide bonds. The van der Waals surface area contributed by atoms with Crippen molar-refractivity contribution >= 4 is 18.6 Å². The van der Waals surface area contributed by atoms with Crippen LogP contribution in [0.4, 0.5) is 0 Å². The van der Waals surface area contributed by atoms with Gasteiger partial charge in [-0.15, -0.1) is 0 Å². The number of rotatable bonds is 3. The third kappa shape index (κ3) is 55.8. The van der Waals surface area contributed by atoms with Gasteiger partial charge in [0, 0.05) is 60.3 Å². The molecule has 0 unspecified atom stereocenters. The summed E-state index contributed by atoms with van der Waals surface area (Å²) < 4.78 is 0. The molecule has 8 heteroatoms. The monoisotopic (exact) mass is 455 g/mol. The number of amides is 2. The van der Waals surface area contributed by atoms with Crippen molar-refractivity contribution in [1.82, 2.24) is 5.32 Å². The van der Waals surface area contributed by atoms with Gasteiger partial charge < -0.3 is 25.4 Å². The van der Waals surface area contributed by atoms with Crippen LogP contribution in [0.5, 0.6) is 0 Å². The first kappa shape index (κ1) is 29.4. The number of nitrogens with one attached hydrogen (secondary N) is 2. The fourth-order valence-corrected chi connectivity index (χ4v) is 0.116. The molecule has 0 fully saturated rings. The van der Waals surface area contributed by atoms with Crippen LogP contribution in [0.1, 0.15) is 6.92 Å². The summed E-state index contributed by atoms with van der Waals surface area (Å²) in [6.07, 6.45) is 2.76. The van der Waals surface area contributed by atoms with Crippen LogP contribution in [0.3, 0.4) is 0 Å². The Bertz CT molecular complexity index is 128. The predicted molar refractivity (Wildman–Crippen MR) is 34.4 cm³/mol. The normalized spacial score (nSPS) is 5.00. The van der Waals surface area contributed by atoms with E-state index in [1.54, 1.807) is 0 Å². The standard InChI is InChI=1S/C3H5N2O2.C2H3O.K.W.Y/c4-3(7)1-5-2-6;1-2-3;;;/h1H2,(H3,4,5,6,7);1H3;;;/q2*-1;+1;;/p-1. The molecule has 0 aliphatic heterocycles. The Morgan fingerprint density at radius 3 is 1.85 bits per heavy atom. The molecule has 0 atom stereocenters. The van der Waals surface area contributed by atoms with Gasteiger partial charge in [-0.25, -0.2) is 0 Å². The summed E-state index contributed by atoms with van der Waals surface area (Å²) in [6, 6.07) is 0. The van der Waals surface area contributed by atoms with Gasteiger partial charge in [0.2, 0.25) is 0 Å². The van der Waals surface area contributed by atoms with E-state index in [4.69, 9.17) is 10.5 Å². The minimum Gasteiger partial charge on any atom is -0.666 e. The van der Waals surface area contributed by atoms with Gasteiger partial charge in [0.05, 0.1) is 5.91 Å². The van der Waals surface area contributed by atoms with E-state index in [-0.39, 0.29) is 112 Å². The molecule has 0 heterocycles. The van der Waals surface area contributed by atoms with E-state index in [1.807, 2.05) is 5.32 Å². The number of carbonyl (C=O) groups excluding carboxylic acids is 3. The molecule has 2 N–H and O–H groups in total. The second-order valence-corrected chi connectivity index (χ2v) is 1.08. The van der Waals surface area contributed by atoms with E-state index >= 15 is 0 Å². The van der Waals surface area contributed by atoms with Crippen molar-refractivity contribution in [2.75, 3.05) is 6.54 Å². The molecule has 0 aliphatic carbocycles. The Labute approximate surface area is 159 Å². The van der Waals surface area contributed by atoms with E-state index in [1.165, 1.54) is 19.6 Å². The maximum atomic E-state index is 9.63. The minimum absolute atomic E-state index is 0. The smallest absolute Gasteiger partial charge is 0.666 e. The van der Waals surface area contributed by atoms with Gasteiger partial charge in [-0.05, 0) is 0 Å². The van der Waals surface area contributed by atoms with Crippen LogP contribution in [-0.4, -0.2) is 25.1 Å². The molecular formula is C5H7KN2O3WY-2. The molecule has 5 nitrogen and oxygen atoms in total. The molecule has 1 radical (unpaired) electrons. The summed E-state index contributed by atoms with van der Waals surface area (Å²) in [6.45, 7) is 1.07. The van der Waals surface area contributed by atoms with Gasteiger partial charge in [-0.3, -0.25) is 6.29 Å². The van der Waals surface area contributed by atoms with E-state index < -0.39 is 5.91 Å². The minimum atomic E-state index is -0.816. The fourth-order valence-electron chi connectivity index (χ4n) is 0.116. The van der Waals surface area contributed by atoms with Crippen LogP contribution in [0.2, 0.25) is 0 Å². The Hall–Kier alpha value is 2.04. The second-order valence-electron chi connectivity index (χ2n) is 1.08. The number of carbonyl (C=O) groups is 1. The van der Waals surface area contributed by atoms with E-state index in [0.29, 0.717) is 0 Å². The molecule has 0 aromatic carbocycles. The van der Waals surface area contributed by atoms with Crippen molar-refractivity contribution in [3.63, 3.8) is 0 Å². The molecule has 0 aromatic rings. The van der Waals surface area contributed by atoms with Gasteiger partial charge in [0.15, 0.2) is 0 Å². The summed E-state index contributed by atoms with van der Waals surface area (Å²) in [7, 11) is 0. The van der Waals surface area contributed by atoms with Crippen molar-refractivity contribution in [2.24, 2.45) is 0 Å². The summed E-state index contributed by atoms with van der Waals surface area (Å²) >= 11 is 0. The molecule has 0 rings (SSSR count). The van der Waals surface area contributed by atoms with Gasteiger partial charge in [-0.2, -0.15) is 13.3 Å². The first-order valence-electron chi connectivity index (χ1n) is 2.32. The van der Waals surface area contributed by atoms with Crippen molar-refractivity contribution in [1.29, 1.82) is 0 Å². The molecule has 0 bridgehead atoms. The molecule has 0 aromatic heterocycles. The average molecular weight is 455 g/mol. The first-order valence-corrected chi connectivity index (χ1v) is 2.32. The molecule has 0 aliphatic rings. The zero-order valence-electron chi connectivity index (χ0n) is 7.42. The van der Waals surface area contributed by atoms with Crippen molar-refractivity contribution in [3.8, 4) is 0 Å². The fraction of sp³-hybridized carbons (Fsp3) is 0.400. The maximum Gasteiger partial charge on any atom is 1.00 e. The summed E-state index contributed by atoms with van der Waals surface area (Å²) in [5, 5.41) is 1.91. The Morgan fingerprint density at radius 2 is 1.77 bits per heavy atom. The number of hydrogen-bond acceptors (Lipinski definition) is 3. The quantitative estimate of drug-likeness (QED) is 0.271. The summed E-state index contributed by atoms with van der Waals surface area (Å²) in [4.78, 5) is 27.5. The molecule has 67 valence electrons. The SMILES string of the molecule is C[C-]=O.[K+].[NH-]C(=O)CN[C-]=O.[W].[Y]. The van der Waals surface area contributed by atoms with Gasteiger partial charge in [0.1, 0.15) is 0 Å². The van der Waals surface area contributed by atoms with Crippen LogP contribution in [0.25, 0.3) is 5.73 Å². The van der Waals surface area contributed by atoms with Crippen LogP contribution in [-0.2, 0) is 68.2 Å². The van der Waals surface area contributed by atoms with Crippen molar-refractivity contribution in [3.05, 3.63) is 5.73 Å². The van der Waals surface area contributed by atoms with Crippen LogP contribution in [0, 0.1) is 0 Å². The van der Waals surface area contributed by atoms with Crippen LogP contribution < -0.4 is 56.7 Å². The zero-order chi connectivity index (χ0) is 8.41. The summed E-state index contributed by atoms with van der Waals surface area (Å²) in [5.41, 5.74) is 6.20. The molecule has 13 heavy (non-hydrogen) atoms. The maximum absolute atomic E-state index is 9.63. The molecule has 0 saturated heterocycles. The van der Waals surface area contributed by atoms with Gasteiger partial charge in [-0.1, -0.05) is 0 Å². The number of hydrogen-bond donors (Lipinski definition) is 1. The molecule has 0 saturated carbocycles. The van der Waals surface area contributed by atoms with E-state index in [2.05, 4.69) is 0 Å². The van der Waals surface area contributed by atoms with E-state index in [0.717, 1.165) is 0 Å². The first-order chi connectivity index (χ1) is 4.68. The third-order valence-electron chi connectivity index (χ3n) is 0.321. The largest absolute Gasteiger partial charge is 1.00 e. The zero-order valence-corrected chi connectivity index (χ0v) is 16.3. The van der Waals surface area contributed by atoms with E-state index in [9.17, 15) is 9.59 Å².